The van der Waals surface area contributed by atoms with E-state index in [1.165, 1.54) is 0 Å². The van der Waals surface area contributed by atoms with E-state index >= 15 is 0 Å². The predicted octanol–water partition coefficient (Wildman–Crippen LogP) is 4.36. The average molecular weight is 359 g/mol. The van der Waals surface area contributed by atoms with Crippen molar-refractivity contribution >= 4 is 29.1 Å². The molecule has 1 saturated heterocycles. The lowest BCUT2D eigenvalue weighted by atomic mass is 9.99. The van der Waals surface area contributed by atoms with Gasteiger partial charge in [-0.3, -0.25) is 4.79 Å². The molecule has 1 aliphatic rings. The monoisotopic (exact) mass is 358 g/mol. The number of aryl methyl sites for hydroxylation is 2. The van der Waals surface area contributed by atoms with Crippen molar-refractivity contribution in [3.8, 4) is 0 Å². The van der Waals surface area contributed by atoms with Crippen LogP contribution in [0.5, 0.6) is 0 Å². The van der Waals surface area contributed by atoms with Gasteiger partial charge in [-0.15, -0.1) is 0 Å². The first kappa shape index (κ1) is 17.7. The molecule has 6 heteroatoms. The number of hydrogen-bond acceptors (Lipinski definition) is 4. The Labute approximate surface area is 153 Å². The quantitative estimate of drug-likeness (QED) is 0.885. The van der Waals surface area contributed by atoms with E-state index in [1.54, 1.807) is 6.07 Å². The molecule has 0 saturated carbocycles. The third-order valence-electron chi connectivity index (χ3n) is 4.59. The molecule has 0 bridgehead atoms. The molecule has 3 rings (SSSR count). The van der Waals surface area contributed by atoms with Crippen LogP contribution in [-0.2, 0) is 0 Å². The molecule has 1 aromatic heterocycles. The maximum atomic E-state index is 12.8. The lowest BCUT2D eigenvalue weighted by Gasteiger charge is -2.30. The lowest BCUT2D eigenvalue weighted by molar-refractivity contribution is 0.0691. The molecule has 1 amide bonds. The second kappa shape index (κ2) is 7.40. The van der Waals surface area contributed by atoms with Gasteiger partial charge in [0.05, 0.1) is 0 Å². The lowest BCUT2D eigenvalue weighted by Crippen LogP contribution is -2.38. The Kier molecular flexibility index (Phi) is 5.23. The van der Waals surface area contributed by atoms with E-state index in [4.69, 9.17) is 11.6 Å². The van der Waals surface area contributed by atoms with Gasteiger partial charge in [-0.05, 0) is 56.4 Å². The molecule has 1 aromatic carbocycles. The first-order valence-corrected chi connectivity index (χ1v) is 8.98. The van der Waals surface area contributed by atoms with Gasteiger partial charge in [-0.1, -0.05) is 24.6 Å². The molecule has 1 fully saturated rings. The Balaban J connectivity index is 1.83. The molecule has 5 nitrogen and oxygen atoms in total. The number of hydrogen-bond donors (Lipinski definition) is 1. The number of benzene rings is 1. The van der Waals surface area contributed by atoms with Crippen molar-refractivity contribution in [2.24, 2.45) is 5.92 Å². The van der Waals surface area contributed by atoms with Crippen molar-refractivity contribution in [2.45, 2.75) is 33.6 Å². The number of piperidine rings is 1. The van der Waals surface area contributed by atoms with Gasteiger partial charge in [-0.25, -0.2) is 9.97 Å². The summed E-state index contributed by atoms with van der Waals surface area (Å²) in [5.41, 5.74) is 3.06. The maximum Gasteiger partial charge on any atom is 0.272 e. The number of carbonyl (C=O) groups is 1. The first-order valence-electron chi connectivity index (χ1n) is 8.60. The molecular weight excluding hydrogens is 336 g/mol. The molecule has 0 radical (unpaired) electrons. The molecule has 0 unspecified atom stereocenters. The van der Waals surface area contributed by atoms with E-state index in [0.29, 0.717) is 22.6 Å². The van der Waals surface area contributed by atoms with Crippen LogP contribution in [-0.4, -0.2) is 33.9 Å². The summed E-state index contributed by atoms with van der Waals surface area (Å²) in [5.74, 6) is 1.07. The summed E-state index contributed by atoms with van der Waals surface area (Å²) in [6.45, 7) is 7.66. The molecule has 132 valence electrons. The fraction of sp³-hybridized carbons (Fsp3) is 0.421. The van der Waals surface area contributed by atoms with Crippen LogP contribution in [0.25, 0.3) is 0 Å². The Bertz CT molecular complexity index is 785. The minimum atomic E-state index is -0.0248. The van der Waals surface area contributed by atoms with Crippen LogP contribution < -0.4 is 5.32 Å². The fourth-order valence-electron chi connectivity index (χ4n) is 2.96. The number of rotatable bonds is 3. The van der Waals surface area contributed by atoms with Crippen molar-refractivity contribution in [1.29, 1.82) is 0 Å². The van der Waals surface area contributed by atoms with E-state index in [2.05, 4.69) is 22.2 Å². The van der Waals surface area contributed by atoms with E-state index in [0.717, 1.165) is 42.9 Å². The summed E-state index contributed by atoms with van der Waals surface area (Å²) < 4.78 is 0. The summed E-state index contributed by atoms with van der Waals surface area (Å²) in [7, 11) is 0. The minimum absolute atomic E-state index is 0.0248. The molecular formula is C19H23ClN4O. The van der Waals surface area contributed by atoms with Crippen LogP contribution in [0, 0.1) is 19.8 Å². The third kappa shape index (κ3) is 4.28. The SMILES string of the molecule is Cc1cc(C(=O)N2CCC(C)CC2)nc(Nc2cc(Cl)ccc2C)n1. The van der Waals surface area contributed by atoms with Crippen LogP contribution in [0.4, 0.5) is 11.6 Å². The highest BCUT2D eigenvalue weighted by atomic mass is 35.5. The second-order valence-electron chi connectivity index (χ2n) is 6.78. The Morgan fingerprint density at radius 2 is 1.92 bits per heavy atom. The first-order chi connectivity index (χ1) is 11.9. The van der Waals surface area contributed by atoms with E-state index in [1.807, 2.05) is 36.9 Å². The largest absolute Gasteiger partial charge is 0.337 e. The van der Waals surface area contributed by atoms with Gasteiger partial charge in [0.15, 0.2) is 0 Å². The van der Waals surface area contributed by atoms with Gasteiger partial charge >= 0.3 is 0 Å². The molecule has 0 atom stereocenters. The molecule has 2 heterocycles. The summed E-state index contributed by atoms with van der Waals surface area (Å²) in [6.07, 6.45) is 2.09. The topological polar surface area (TPSA) is 58.1 Å². The Morgan fingerprint density at radius 1 is 1.20 bits per heavy atom. The average Bonchev–Trinajstić information content (AvgIpc) is 2.58. The molecule has 2 aromatic rings. The highest BCUT2D eigenvalue weighted by Gasteiger charge is 2.23. The standard InChI is InChI=1S/C19H23ClN4O/c1-12-6-8-24(9-7-12)18(25)17-10-14(3)21-19(23-17)22-16-11-15(20)5-4-13(16)2/h4-5,10-12H,6-9H2,1-3H3,(H,21,22,23). The van der Waals surface area contributed by atoms with Crippen molar-refractivity contribution in [2.75, 3.05) is 18.4 Å². The number of anilines is 2. The Morgan fingerprint density at radius 3 is 2.64 bits per heavy atom. The van der Waals surface area contributed by atoms with Crippen molar-refractivity contribution in [3.63, 3.8) is 0 Å². The number of nitrogens with zero attached hydrogens (tertiary/aromatic N) is 3. The second-order valence-corrected chi connectivity index (χ2v) is 7.21. The molecule has 0 spiro atoms. The van der Waals surface area contributed by atoms with Gasteiger partial charge in [0.25, 0.3) is 5.91 Å². The fourth-order valence-corrected chi connectivity index (χ4v) is 3.13. The number of nitrogens with one attached hydrogen (secondary N) is 1. The zero-order valence-electron chi connectivity index (χ0n) is 14.8. The van der Waals surface area contributed by atoms with Crippen LogP contribution in [0.1, 0.15) is 41.5 Å². The van der Waals surface area contributed by atoms with E-state index < -0.39 is 0 Å². The molecule has 1 N–H and O–H groups in total. The van der Waals surface area contributed by atoms with E-state index in [9.17, 15) is 4.79 Å². The zero-order valence-corrected chi connectivity index (χ0v) is 15.6. The van der Waals surface area contributed by atoms with Crippen LogP contribution in [0.3, 0.4) is 0 Å². The van der Waals surface area contributed by atoms with Crippen LogP contribution in [0.15, 0.2) is 24.3 Å². The van der Waals surface area contributed by atoms with Gasteiger partial charge in [0.2, 0.25) is 5.95 Å². The van der Waals surface area contributed by atoms with Gasteiger partial charge in [-0.2, -0.15) is 0 Å². The number of amides is 1. The highest BCUT2D eigenvalue weighted by Crippen LogP contribution is 2.23. The normalized spacial score (nSPS) is 15.3. The number of aromatic nitrogens is 2. The van der Waals surface area contributed by atoms with Crippen molar-refractivity contribution in [1.82, 2.24) is 14.9 Å². The number of halogens is 1. The zero-order chi connectivity index (χ0) is 18.0. The summed E-state index contributed by atoms with van der Waals surface area (Å²) in [4.78, 5) is 23.5. The number of carbonyl (C=O) groups excluding carboxylic acids is 1. The van der Waals surface area contributed by atoms with Crippen molar-refractivity contribution in [3.05, 3.63) is 46.2 Å². The van der Waals surface area contributed by atoms with E-state index in [-0.39, 0.29) is 5.91 Å². The van der Waals surface area contributed by atoms with Gasteiger partial charge in [0.1, 0.15) is 5.69 Å². The van der Waals surface area contributed by atoms with Gasteiger partial charge < -0.3 is 10.2 Å². The predicted molar refractivity (Wildman–Crippen MR) is 101 cm³/mol. The third-order valence-corrected chi connectivity index (χ3v) is 4.83. The van der Waals surface area contributed by atoms with Crippen molar-refractivity contribution < 1.29 is 4.79 Å². The molecule has 25 heavy (non-hydrogen) atoms. The smallest absolute Gasteiger partial charge is 0.272 e. The highest BCUT2D eigenvalue weighted by molar-refractivity contribution is 6.30. The molecule has 1 aliphatic heterocycles. The summed E-state index contributed by atoms with van der Waals surface area (Å²) in [6, 6.07) is 7.35. The molecule has 0 aliphatic carbocycles. The van der Waals surface area contributed by atoms with Gasteiger partial charge in [0, 0.05) is 29.5 Å². The maximum absolute atomic E-state index is 12.8. The summed E-state index contributed by atoms with van der Waals surface area (Å²) in [5, 5.41) is 3.82. The number of likely N-dealkylation sites (tertiary alicyclic amines) is 1. The Hall–Kier alpha value is -2.14. The van der Waals surface area contributed by atoms with Crippen LogP contribution >= 0.6 is 11.6 Å². The summed E-state index contributed by atoms with van der Waals surface area (Å²) >= 11 is 6.07. The minimum Gasteiger partial charge on any atom is -0.337 e. The van der Waals surface area contributed by atoms with Crippen LogP contribution in [0.2, 0.25) is 5.02 Å².